The van der Waals surface area contributed by atoms with Gasteiger partial charge in [0, 0.05) is 19.4 Å². The van der Waals surface area contributed by atoms with Crippen molar-refractivity contribution >= 4 is 0 Å². The fraction of sp³-hybridized carbons (Fsp3) is 0.385. The average molecular weight is 247 g/mol. The zero-order valence-electron chi connectivity index (χ0n) is 9.88. The molecule has 2 heterocycles. The predicted molar refractivity (Wildman–Crippen MR) is 63.6 cm³/mol. The largest absolute Gasteiger partial charge is 0.393 e. The van der Waals surface area contributed by atoms with Gasteiger partial charge in [0.25, 0.3) is 0 Å². The number of aromatic nitrogens is 3. The Hall–Kier alpha value is -1.75. The van der Waals surface area contributed by atoms with Gasteiger partial charge >= 0.3 is 0 Å². The summed E-state index contributed by atoms with van der Waals surface area (Å²) in [5, 5.41) is 14.0. The third kappa shape index (κ3) is 2.26. The first-order chi connectivity index (χ1) is 8.70. The fourth-order valence-corrected chi connectivity index (χ4v) is 2.20. The quantitative estimate of drug-likeness (QED) is 0.870. The lowest BCUT2D eigenvalue weighted by molar-refractivity contribution is 0.138. The number of aliphatic hydroxyl groups excluding tert-OH is 1. The van der Waals surface area contributed by atoms with Crippen LogP contribution >= 0.6 is 0 Å². The molecular formula is C13H14FN3O. The summed E-state index contributed by atoms with van der Waals surface area (Å²) in [6, 6.07) is 6.36. The summed E-state index contributed by atoms with van der Waals surface area (Å²) in [7, 11) is 0. The molecule has 1 aliphatic rings. The van der Waals surface area contributed by atoms with E-state index in [0.29, 0.717) is 19.4 Å². The van der Waals surface area contributed by atoms with Crippen molar-refractivity contribution < 1.29 is 9.50 Å². The van der Waals surface area contributed by atoms with E-state index < -0.39 is 0 Å². The molecule has 1 aromatic heterocycles. The Bertz CT molecular complexity index is 550. The molecule has 18 heavy (non-hydrogen) atoms. The highest BCUT2D eigenvalue weighted by molar-refractivity contribution is 5.20. The van der Waals surface area contributed by atoms with Gasteiger partial charge in [-0.15, -0.1) is 0 Å². The summed E-state index contributed by atoms with van der Waals surface area (Å²) in [5.41, 5.74) is 0.986. The molecule has 3 rings (SSSR count). The maximum absolute atomic E-state index is 12.8. The van der Waals surface area contributed by atoms with Crippen LogP contribution in [0.3, 0.4) is 0 Å². The Morgan fingerprint density at radius 3 is 2.89 bits per heavy atom. The summed E-state index contributed by atoms with van der Waals surface area (Å²) in [6.07, 6.45) is 1.58. The van der Waals surface area contributed by atoms with E-state index in [1.807, 2.05) is 4.68 Å². The van der Waals surface area contributed by atoms with Crippen LogP contribution in [0.2, 0.25) is 0 Å². The van der Waals surface area contributed by atoms with Gasteiger partial charge in [-0.25, -0.2) is 14.1 Å². The van der Waals surface area contributed by atoms with Crippen molar-refractivity contribution in [2.24, 2.45) is 0 Å². The van der Waals surface area contributed by atoms with Crippen molar-refractivity contribution in [1.29, 1.82) is 0 Å². The highest BCUT2D eigenvalue weighted by Crippen LogP contribution is 2.14. The second-order valence-corrected chi connectivity index (χ2v) is 4.62. The molecule has 1 N–H and O–H groups in total. The number of halogens is 1. The van der Waals surface area contributed by atoms with Crippen LogP contribution in [0.4, 0.5) is 4.39 Å². The number of rotatable bonds is 2. The molecule has 94 valence electrons. The lowest BCUT2D eigenvalue weighted by atomic mass is 10.1. The fourth-order valence-electron chi connectivity index (χ4n) is 2.20. The van der Waals surface area contributed by atoms with E-state index in [9.17, 15) is 9.50 Å². The molecule has 1 aromatic carbocycles. The zero-order valence-corrected chi connectivity index (χ0v) is 9.88. The van der Waals surface area contributed by atoms with Gasteiger partial charge in [-0.3, -0.25) is 0 Å². The molecule has 4 nitrogen and oxygen atoms in total. The number of hydrogen-bond acceptors (Lipinski definition) is 3. The van der Waals surface area contributed by atoms with Crippen LogP contribution in [0.25, 0.3) is 0 Å². The van der Waals surface area contributed by atoms with Crippen molar-refractivity contribution in [2.75, 3.05) is 0 Å². The number of benzene rings is 1. The first-order valence-electron chi connectivity index (χ1n) is 6.06. The Labute approximate surface area is 104 Å². The van der Waals surface area contributed by atoms with Gasteiger partial charge in [-0.1, -0.05) is 12.1 Å². The maximum atomic E-state index is 12.8. The van der Waals surface area contributed by atoms with Gasteiger partial charge in [-0.05, 0) is 24.1 Å². The minimum atomic E-state index is -0.305. The first-order valence-corrected chi connectivity index (χ1v) is 6.06. The Kier molecular flexibility index (Phi) is 2.83. The van der Waals surface area contributed by atoms with Gasteiger partial charge < -0.3 is 5.11 Å². The molecule has 0 bridgehead atoms. The molecular weight excluding hydrogens is 233 g/mol. The zero-order chi connectivity index (χ0) is 12.5. The molecule has 0 saturated heterocycles. The van der Waals surface area contributed by atoms with Gasteiger partial charge in [-0.2, -0.15) is 5.10 Å². The van der Waals surface area contributed by atoms with Gasteiger partial charge in [0.05, 0.1) is 6.10 Å². The average Bonchev–Trinajstić information content (AvgIpc) is 2.73. The standard InChI is InChI=1S/C13H14FN3O/c14-10-3-1-9(2-4-10)7-12-15-13-8-11(18)5-6-17(13)16-12/h1-4,11,18H,5-8H2. The van der Waals surface area contributed by atoms with Crippen molar-refractivity contribution in [1.82, 2.24) is 14.8 Å². The second-order valence-electron chi connectivity index (χ2n) is 4.62. The molecule has 0 saturated carbocycles. The van der Waals surface area contributed by atoms with Crippen LogP contribution in [0.1, 0.15) is 23.6 Å². The Morgan fingerprint density at radius 1 is 1.33 bits per heavy atom. The molecule has 5 heteroatoms. The van der Waals surface area contributed by atoms with Crippen LogP contribution in [0.15, 0.2) is 24.3 Å². The van der Waals surface area contributed by atoms with E-state index in [0.717, 1.165) is 23.6 Å². The van der Waals surface area contributed by atoms with E-state index in [1.54, 1.807) is 12.1 Å². The third-order valence-electron chi connectivity index (χ3n) is 3.16. The predicted octanol–water partition coefficient (Wildman–Crippen LogP) is 1.32. The summed E-state index contributed by atoms with van der Waals surface area (Å²) in [4.78, 5) is 4.42. The van der Waals surface area contributed by atoms with Crippen LogP contribution in [-0.4, -0.2) is 26.0 Å². The maximum Gasteiger partial charge on any atom is 0.155 e. The summed E-state index contributed by atoms with van der Waals surface area (Å²) in [6.45, 7) is 0.715. The minimum Gasteiger partial charge on any atom is -0.393 e. The van der Waals surface area contributed by atoms with Crippen molar-refractivity contribution in [2.45, 2.75) is 31.9 Å². The number of aryl methyl sites for hydroxylation is 1. The first kappa shape index (κ1) is 11.3. The van der Waals surface area contributed by atoms with E-state index in [4.69, 9.17) is 0 Å². The van der Waals surface area contributed by atoms with E-state index in [1.165, 1.54) is 12.1 Å². The van der Waals surface area contributed by atoms with Crippen LogP contribution in [-0.2, 0) is 19.4 Å². The van der Waals surface area contributed by atoms with Gasteiger partial charge in [0.15, 0.2) is 5.82 Å². The molecule has 1 unspecified atom stereocenters. The molecule has 1 aliphatic heterocycles. The van der Waals surface area contributed by atoms with Gasteiger partial charge in [0.2, 0.25) is 0 Å². The van der Waals surface area contributed by atoms with Crippen molar-refractivity contribution in [3.63, 3.8) is 0 Å². The van der Waals surface area contributed by atoms with Gasteiger partial charge in [0.1, 0.15) is 11.6 Å². The number of nitrogens with zero attached hydrogens (tertiary/aromatic N) is 3. The number of aliphatic hydroxyl groups is 1. The van der Waals surface area contributed by atoms with E-state index >= 15 is 0 Å². The highest BCUT2D eigenvalue weighted by Gasteiger charge is 2.19. The Morgan fingerprint density at radius 2 is 2.11 bits per heavy atom. The normalized spacial score (nSPS) is 18.7. The summed E-state index contributed by atoms with van der Waals surface area (Å²) >= 11 is 0. The van der Waals surface area contributed by atoms with Crippen molar-refractivity contribution in [3.05, 3.63) is 47.3 Å². The summed E-state index contributed by atoms with van der Waals surface area (Å²) < 4.78 is 14.6. The highest BCUT2D eigenvalue weighted by atomic mass is 19.1. The third-order valence-corrected chi connectivity index (χ3v) is 3.16. The van der Waals surface area contributed by atoms with E-state index in [-0.39, 0.29) is 11.9 Å². The number of fused-ring (bicyclic) bond motifs is 1. The monoisotopic (exact) mass is 247 g/mol. The topological polar surface area (TPSA) is 50.9 Å². The molecule has 1 atom stereocenters. The number of hydrogen-bond donors (Lipinski definition) is 1. The van der Waals surface area contributed by atoms with E-state index in [2.05, 4.69) is 10.1 Å². The smallest absolute Gasteiger partial charge is 0.155 e. The molecule has 2 aromatic rings. The van der Waals surface area contributed by atoms with Crippen LogP contribution in [0.5, 0.6) is 0 Å². The lowest BCUT2D eigenvalue weighted by Gasteiger charge is -2.16. The molecule has 0 fully saturated rings. The molecule has 0 radical (unpaired) electrons. The second kappa shape index (κ2) is 4.49. The minimum absolute atomic E-state index is 0.237. The molecule has 0 amide bonds. The van der Waals surface area contributed by atoms with Crippen LogP contribution in [0, 0.1) is 5.82 Å². The summed E-state index contributed by atoms with van der Waals surface area (Å²) in [5.74, 6) is 1.33. The molecule has 0 aliphatic carbocycles. The van der Waals surface area contributed by atoms with Crippen molar-refractivity contribution in [3.8, 4) is 0 Å². The van der Waals surface area contributed by atoms with Crippen LogP contribution < -0.4 is 0 Å². The lowest BCUT2D eigenvalue weighted by Crippen LogP contribution is -2.23. The molecule has 0 spiro atoms. The SMILES string of the molecule is OC1CCn2nc(Cc3ccc(F)cc3)nc2C1. The Balaban J connectivity index is 1.79.